The Morgan fingerprint density at radius 2 is 2.28 bits per heavy atom. The van der Waals surface area contributed by atoms with Crippen LogP contribution in [0.4, 0.5) is 5.82 Å². The molecule has 2 aliphatic heterocycles. The van der Waals surface area contributed by atoms with Crippen molar-refractivity contribution in [3.63, 3.8) is 0 Å². The highest BCUT2D eigenvalue weighted by molar-refractivity contribution is 9.10. The average Bonchev–Trinajstić information content (AvgIpc) is 2.44. The summed E-state index contributed by atoms with van der Waals surface area (Å²) in [7, 11) is 0. The third kappa shape index (κ3) is 2.15. The number of carbonyl (C=O) groups is 1. The van der Waals surface area contributed by atoms with E-state index in [9.17, 15) is 9.90 Å². The van der Waals surface area contributed by atoms with Crippen LogP contribution in [-0.2, 0) is 11.2 Å². The van der Waals surface area contributed by atoms with Gasteiger partial charge in [-0.2, -0.15) is 0 Å². The summed E-state index contributed by atoms with van der Waals surface area (Å²) in [5.41, 5.74) is 1.06. The Morgan fingerprint density at radius 1 is 1.50 bits per heavy atom. The van der Waals surface area contributed by atoms with E-state index in [-0.39, 0.29) is 18.1 Å². The maximum Gasteiger partial charge on any atom is 0.242 e. The van der Waals surface area contributed by atoms with Crippen LogP contribution in [-0.4, -0.2) is 46.1 Å². The second-order valence-corrected chi connectivity index (χ2v) is 5.73. The molecule has 0 radical (unpaired) electrons. The number of likely N-dealkylation sites (tertiary alicyclic amines) is 1. The maximum absolute atomic E-state index is 12.1. The minimum atomic E-state index is -0.282. The van der Waals surface area contributed by atoms with Gasteiger partial charge >= 0.3 is 0 Å². The Hall–Kier alpha value is -0.980. The van der Waals surface area contributed by atoms with Crippen LogP contribution in [0.2, 0.25) is 0 Å². The molecule has 0 saturated carbocycles. The molecule has 3 heterocycles. The molecule has 1 atom stereocenters. The van der Waals surface area contributed by atoms with Gasteiger partial charge in [-0.3, -0.25) is 9.69 Å². The molecule has 2 aliphatic rings. The molecule has 96 valence electrons. The number of hydrogen-bond donors (Lipinski definition) is 2. The SMILES string of the molecule is O=C1Nc2ncc(Br)cc2CCC1N1CC(O)C1. The van der Waals surface area contributed by atoms with Crippen molar-refractivity contribution in [2.45, 2.75) is 25.0 Å². The summed E-state index contributed by atoms with van der Waals surface area (Å²) in [6, 6.07) is 1.84. The van der Waals surface area contributed by atoms with Crippen LogP contribution in [0.1, 0.15) is 12.0 Å². The highest BCUT2D eigenvalue weighted by Gasteiger charge is 2.36. The van der Waals surface area contributed by atoms with Gasteiger partial charge in [-0.25, -0.2) is 4.98 Å². The smallest absolute Gasteiger partial charge is 0.242 e. The fourth-order valence-corrected chi connectivity index (χ4v) is 2.88. The lowest BCUT2D eigenvalue weighted by Gasteiger charge is -2.40. The molecule has 1 unspecified atom stereocenters. The first-order valence-electron chi connectivity index (χ1n) is 6.01. The fraction of sp³-hybridized carbons (Fsp3) is 0.500. The molecule has 1 fully saturated rings. The predicted octanol–water partition coefficient (Wildman–Crippen LogP) is 0.774. The van der Waals surface area contributed by atoms with Gasteiger partial charge in [0.2, 0.25) is 5.91 Å². The number of anilines is 1. The lowest BCUT2D eigenvalue weighted by molar-refractivity contribution is -0.126. The summed E-state index contributed by atoms with van der Waals surface area (Å²) in [4.78, 5) is 18.4. The highest BCUT2D eigenvalue weighted by atomic mass is 79.9. The first-order valence-corrected chi connectivity index (χ1v) is 6.80. The number of fused-ring (bicyclic) bond motifs is 1. The van der Waals surface area contributed by atoms with Gasteiger partial charge in [-0.1, -0.05) is 0 Å². The van der Waals surface area contributed by atoms with Crippen LogP contribution < -0.4 is 5.32 Å². The van der Waals surface area contributed by atoms with Gasteiger partial charge < -0.3 is 10.4 Å². The zero-order valence-electron chi connectivity index (χ0n) is 9.77. The molecule has 1 aromatic rings. The van der Waals surface area contributed by atoms with Crippen LogP contribution in [0.3, 0.4) is 0 Å². The summed E-state index contributed by atoms with van der Waals surface area (Å²) in [6.07, 6.45) is 2.99. The van der Waals surface area contributed by atoms with E-state index in [1.807, 2.05) is 11.0 Å². The molecule has 2 N–H and O–H groups in total. The van der Waals surface area contributed by atoms with E-state index < -0.39 is 0 Å². The van der Waals surface area contributed by atoms with E-state index >= 15 is 0 Å². The van der Waals surface area contributed by atoms with Crippen molar-refractivity contribution >= 4 is 27.7 Å². The van der Waals surface area contributed by atoms with Crippen LogP contribution in [0.15, 0.2) is 16.7 Å². The van der Waals surface area contributed by atoms with E-state index in [0.29, 0.717) is 18.9 Å². The lowest BCUT2D eigenvalue weighted by atomic mass is 10.0. The Balaban J connectivity index is 1.80. The van der Waals surface area contributed by atoms with Gasteiger partial charge in [-0.05, 0) is 40.4 Å². The zero-order chi connectivity index (χ0) is 12.7. The number of β-amino-alcohol motifs (C(OH)–C–C–N with tert-alkyl or cyclic N) is 1. The van der Waals surface area contributed by atoms with Gasteiger partial charge in [0.1, 0.15) is 5.82 Å². The van der Waals surface area contributed by atoms with Gasteiger partial charge in [0.25, 0.3) is 0 Å². The zero-order valence-corrected chi connectivity index (χ0v) is 11.4. The van der Waals surface area contributed by atoms with Crippen molar-refractivity contribution in [3.8, 4) is 0 Å². The summed E-state index contributed by atoms with van der Waals surface area (Å²) < 4.78 is 0.924. The number of aryl methyl sites for hydroxylation is 1. The van der Waals surface area contributed by atoms with Crippen LogP contribution >= 0.6 is 15.9 Å². The van der Waals surface area contributed by atoms with E-state index in [1.165, 1.54) is 0 Å². The number of aliphatic hydroxyl groups excluding tert-OH is 1. The summed E-state index contributed by atoms with van der Waals surface area (Å²) >= 11 is 3.39. The topological polar surface area (TPSA) is 65.5 Å². The van der Waals surface area contributed by atoms with Gasteiger partial charge in [0.15, 0.2) is 0 Å². The van der Waals surface area contributed by atoms with Crippen molar-refractivity contribution in [1.82, 2.24) is 9.88 Å². The number of nitrogens with zero attached hydrogens (tertiary/aromatic N) is 2. The van der Waals surface area contributed by atoms with Gasteiger partial charge in [-0.15, -0.1) is 0 Å². The monoisotopic (exact) mass is 311 g/mol. The lowest BCUT2D eigenvalue weighted by Crippen LogP contribution is -2.58. The van der Waals surface area contributed by atoms with Crippen LogP contribution in [0.5, 0.6) is 0 Å². The number of aliphatic hydroxyl groups is 1. The second kappa shape index (κ2) is 4.60. The van der Waals surface area contributed by atoms with E-state index in [2.05, 4.69) is 26.2 Å². The molecular formula is C12H14BrN3O2. The number of halogens is 1. The molecule has 5 nitrogen and oxygen atoms in total. The quantitative estimate of drug-likeness (QED) is 0.804. The van der Waals surface area contributed by atoms with Crippen molar-refractivity contribution in [2.24, 2.45) is 0 Å². The van der Waals surface area contributed by atoms with E-state index in [1.54, 1.807) is 6.20 Å². The Kier molecular flexibility index (Phi) is 3.09. The Bertz CT molecular complexity index is 488. The molecule has 3 rings (SSSR count). The Morgan fingerprint density at radius 3 is 3.00 bits per heavy atom. The summed E-state index contributed by atoms with van der Waals surface area (Å²) in [5.74, 6) is 0.641. The van der Waals surface area contributed by atoms with Crippen molar-refractivity contribution < 1.29 is 9.90 Å². The molecule has 1 saturated heterocycles. The standard InChI is InChI=1S/C12H14BrN3O2/c13-8-3-7-1-2-10(16-5-9(17)6-16)12(18)15-11(7)14-4-8/h3-4,9-10,17H,1-2,5-6H2,(H,14,15,18). The molecule has 0 aromatic carbocycles. The number of pyridine rings is 1. The molecule has 0 spiro atoms. The number of hydrogen-bond acceptors (Lipinski definition) is 4. The molecule has 0 bridgehead atoms. The first kappa shape index (κ1) is 12.1. The summed E-state index contributed by atoms with van der Waals surface area (Å²) in [6.45, 7) is 1.18. The van der Waals surface area contributed by atoms with Crippen molar-refractivity contribution in [1.29, 1.82) is 0 Å². The molecule has 0 aliphatic carbocycles. The number of nitrogens with one attached hydrogen (secondary N) is 1. The number of carbonyl (C=O) groups excluding carboxylic acids is 1. The average molecular weight is 312 g/mol. The minimum Gasteiger partial charge on any atom is -0.390 e. The van der Waals surface area contributed by atoms with E-state index in [4.69, 9.17) is 0 Å². The van der Waals surface area contributed by atoms with Crippen LogP contribution in [0, 0.1) is 0 Å². The summed E-state index contributed by atoms with van der Waals surface area (Å²) in [5, 5.41) is 12.2. The molecular weight excluding hydrogens is 298 g/mol. The number of amides is 1. The number of aromatic nitrogens is 1. The molecule has 1 aromatic heterocycles. The van der Waals surface area contributed by atoms with Crippen molar-refractivity contribution in [2.75, 3.05) is 18.4 Å². The Labute approximate surface area is 113 Å². The molecule has 6 heteroatoms. The third-order valence-corrected chi connectivity index (χ3v) is 3.93. The predicted molar refractivity (Wildman–Crippen MR) is 70.3 cm³/mol. The van der Waals surface area contributed by atoms with Crippen molar-refractivity contribution in [3.05, 3.63) is 22.3 Å². The second-order valence-electron chi connectivity index (χ2n) is 4.81. The normalized spacial score (nSPS) is 25.0. The fourth-order valence-electron chi connectivity index (χ4n) is 2.50. The van der Waals surface area contributed by atoms with Gasteiger partial charge in [0, 0.05) is 23.8 Å². The van der Waals surface area contributed by atoms with Gasteiger partial charge in [0.05, 0.1) is 12.1 Å². The largest absolute Gasteiger partial charge is 0.390 e. The minimum absolute atomic E-state index is 0.0181. The maximum atomic E-state index is 12.1. The third-order valence-electron chi connectivity index (χ3n) is 3.50. The molecule has 18 heavy (non-hydrogen) atoms. The number of rotatable bonds is 1. The van der Waals surface area contributed by atoms with Crippen LogP contribution in [0.25, 0.3) is 0 Å². The molecule has 1 amide bonds. The first-order chi connectivity index (χ1) is 8.63. The van der Waals surface area contributed by atoms with E-state index in [0.717, 1.165) is 22.9 Å². The highest BCUT2D eigenvalue weighted by Crippen LogP contribution is 2.26.